The molecule has 0 bridgehead atoms. The van der Waals surface area contributed by atoms with Crippen molar-refractivity contribution in [2.24, 2.45) is 5.73 Å². The summed E-state index contributed by atoms with van der Waals surface area (Å²) in [6.07, 6.45) is -73.8. The Morgan fingerprint density at radius 1 is 0.315 bits per heavy atom. The quantitative estimate of drug-likeness (QED) is 0.0278. The second-order valence-electron chi connectivity index (χ2n) is 27.3. The molecule has 0 aliphatic carbocycles. The van der Waals surface area contributed by atoms with Gasteiger partial charge < -0.3 is 210 Å². The van der Waals surface area contributed by atoms with Crippen LogP contribution in [0.15, 0.2) is 0 Å². The number of hydrogen-bond acceptors (Lipinski definition) is 44. The van der Waals surface area contributed by atoms with Crippen LogP contribution >= 0.6 is 7.82 Å². The van der Waals surface area contributed by atoms with Crippen molar-refractivity contribution in [2.75, 3.05) is 66.0 Å². The third-order valence-electron chi connectivity index (χ3n) is 19.2. The minimum absolute atomic E-state index is 0.337. The summed E-state index contributed by atoms with van der Waals surface area (Å²) in [5.74, 6) is -4.45. The number of carbonyl (C=O) groups excluding carboxylic acids is 5. The lowest BCUT2D eigenvalue weighted by atomic mass is 9.93. The average molecular weight is 1640 g/mol. The van der Waals surface area contributed by atoms with Crippen LogP contribution in [0, 0.1) is 0 Å². The molecule has 111 heavy (non-hydrogen) atoms. The van der Waals surface area contributed by atoms with E-state index in [0.29, 0.717) is 0 Å². The highest BCUT2D eigenvalue weighted by Gasteiger charge is 2.61. The van der Waals surface area contributed by atoms with E-state index < -0.39 is 342 Å². The number of nitrogens with one attached hydrogen (secondary N) is 5. The van der Waals surface area contributed by atoms with Crippen molar-refractivity contribution in [1.29, 1.82) is 0 Å². The van der Waals surface area contributed by atoms with Crippen LogP contribution in [0.2, 0.25) is 0 Å². The average Bonchev–Trinajstić information content (AvgIpc) is 0.766. The van der Waals surface area contributed by atoms with Gasteiger partial charge in [-0.15, -0.1) is 0 Å². The number of ether oxygens (including phenoxy) is 15. The molecule has 0 aromatic carbocycles. The van der Waals surface area contributed by atoms with E-state index >= 15 is 0 Å². The lowest BCUT2D eigenvalue weighted by Crippen LogP contribution is -2.71. The largest absolute Gasteiger partial charge is 0.472 e. The summed E-state index contributed by atoms with van der Waals surface area (Å²) in [6, 6.07) is -9.15. The number of rotatable bonds is 32. The van der Waals surface area contributed by atoms with Crippen LogP contribution in [-0.4, -0.2) is 448 Å². The summed E-state index contributed by atoms with van der Waals surface area (Å²) in [6.45, 7) is -4.98. The van der Waals surface area contributed by atoms with Crippen molar-refractivity contribution < 1.29 is 216 Å². The van der Waals surface area contributed by atoms with Crippen molar-refractivity contribution in [3.8, 4) is 0 Å². The van der Waals surface area contributed by atoms with Gasteiger partial charge in [0.05, 0.1) is 59.5 Å². The first-order chi connectivity index (χ1) is 52.4. The Morgan fingerprint density at radius 3 is 1.04 bits per heavy atom. The Morgan fingerprint density at radius 2 is 0.622 bits per heavy atom. The summed E-state index contributed by atoms with van der Waals surface area (Å²) < 4.78 is 113. The molecule has 0 saturated carbocycles. The summed E-state index contributed by atoms with van der Waals surface area (Å²) >= 11 is 0. The third kappa shape index (κ3) is 22.1. The number of amides is 5. The maximum atomic E-state index is 13.2. The van der Waals surface area contributed by atoms with Crippen LogP contribution in [0.25, 0.3) is 0 Å². The first kappa shape index (κ1) is 92.5. The minimum Gasteiger partial charge on any atom is -0.394 e. The number of aliphatic hydroxyl groups excluding tert-OH is 20. The molecule has 8 aliphatic rings. The number of nitrogens with two attached hydrogens (primary N) is 1. The summed E-state index contributed by atoms with van der Waals surface area (Å²) in [5, 5.41) is 237. The lowest BCUT2D eigenvalue weighted by molar-refractivity contribution is -0.397. The SMILES string of the molecule is CC(=O)N[C@@H]1[C@@H](O)[C@H](O[C@@H]2O[C@H](CO)[C@@H](O[C@@H]3O[C@H](CO[C@H]4O[C@H](CO)[C@@H](O)[C@H](O)[C@@H]4O[C@@H]4O[C@H](CO)[C@@H](O)[C@H](O)[C@H]4NC(C)=O)[C@@H](O)[C@H](O[C@H]4O[C@H](CO)[C@@H](O)[C@H](O)[C@@H]4O[C@@H]4O[C@H](COP(=O)(O)OCCN)[C@@H](O[C@@H]5O[C@H](CO)[C@H](O)[C@H](O)[C@H]5NC(C)=O)[C@H](O)[C@H]4NC(C)=O)[C@@H]3O)[C@H](O)[C@H]2NC(C)=O)[C@@H](CO)O[C@H]1O. The molecule has 51 heteroatoms. The van der Waals surface area contributed by atoms with E-state index in [4.69, 9.17) is 85.8 Å². The zero-order valence-electron chi connectivity index (χ0n) is 60.0. The molecular formula is C60H103N6O44P. The highest BCUT2D eigenvalue weighted by atomic mass is 31.2. The fourth-order valence-corrected chi connectivity index (χ4v) is 14.5. The highest BCUT2D eigenvalue weighted by Crippen LogP contribution is 2.45. The summed E-state index contributed by atoms with van der Waals surface area (Å²) in [7, 11) is -5.20. The minimum atomic E-state index is -5.20. The number of phosphoric acid groups is 1. The maximum absolute atomic E-state index is 13.2. The van der Waals surface area contributed by atoms with E-state index in [1.807, 2.05) is 0 Å². The Balaban J connectivity index is 1.18. The number of carbonyl (C=O) groups is 5. The van der Waals surface area contributed by atoms with Crippen molar-refractivity contribution in [1.82, 2.24) is 26.6 Å². The molecule has 8 rings (SSSR count). The van der Waals surface area contributed by atoms with Gasteiger partial charge in [-0.2, -0.15) is 0 Å². The highest BCUT2D eigenvalue weighted by molar-refractivity contribution is 7.47. The molecule has 0 spiro atoms. The predicted molar refractivity (Wildman–Crippen MR) is 346 cm³/mol. The molecule has 41 atom stereocenters. The molecule has 5 amide bonds. The van der Waals surface area contributed by atoms with Crippen LogP contribution < -0.4 is 32.3 Å². The topological polar surface area (TPSA) is 770 Å². The smallest absolute Gasteiger partial charge is 0.394 e. The van der Waals surface area contributed by atoms with Gasteiger partial charge in [0.1, 0.15) is 195 Å². The fraction of sp³-hybridized carbons (Fsp3) is 0.917. The maximum Gasteiger partial charge on any atom is 0.472 e. The van der Waals surface area contributed by atoms with E-state index in [-0.39, 0.29) is 6.54 Å². The van der Waals surface area contributed by atoms with Crippen molar-refractivity contribution in [2.45, 2.75) is 280 Å². The van der Waals surface area contributed by atoms with E-state index in [2.05, 4.69) is 26.6 Å². The fourth-order valence-electron chi connectivity index (χ4n) is 13.7. The van der Waals surface area contributed by atoms with E-state index in [1.54, 1.807) is 0 Å². The van der Waals surface area contributed by atoms with Gasteiger partial charge in [0, 0.05) is 41.2 Å². The molecule has 50 nitrogen and oxygen atoms in total. The third-order valence-corrected chi connectivity index (χ3v) is 20.2. The molecule has 642 valence electrons. The molecule has 8 saturated heterocycles. The standard InChI is InChI=1S/C60H103N6O44P/c1-16(73)62-29-41(85)47(25(12-71)97-53(29)91)105-56-32(65-19(4)76)42(86)48(26(13-72)102-56)107-58-46(90)50(38(82)27(103-58)14-94-59-51(44(88)36(80)23(10-69)100-59)109-55-31(64-18(3)75)40(84)35(79)22(9-68)99-55)108-60-52(45(89)37(81)24(11-70)101-60)110-57-33(66-20(5)77)43(87)49(28(104-57)15-96-111(92,93)95-7-6-61)106-54-30(63-17(2)74)39(83)34(78)21(8-67)98-54/h21-60,67-72,78-91H,6-15,61H2,1-5H3,(H,62,73)(H,63,74)(H,64,75)(H,65,76)(H,66,77)(H,92,93)/t21-,22-,23-,24-,25-,26-,27-,28-,29-,30-,31-,32-,33-,34+,35-,36-,37-,38-,39-,40-,41-,42-,43-,44+,45+,46+,47-,48-,49-,50+,51+,52+,53-,54+,55+,56+,57+,58+,59+,60-/m1/s1. The van der Waals surface area contributed by atoms with Crippen LogP contribution in [-0.2, 0) is 109 Å². The van der Waals surface area contributed by atoms with E-state index in [9.17, 15) is 136 Å². The van der Waals surface area contributed by atoms with Crippen LogP contribution in [0.5, 0.6) is 0 Å². The van der Waals surface area contributed by atoms with Crippen molar-refractivity contribution in [3.63, 3.8) is 0 Å². The molecule has 8 aliphatic heterocycles. The molecule has 8 heterocycles. The van der Waals surface area contributed by atoms with Gasteiger partial charge in [-0.1, -0.05) is 0 Å². The van der Waals surface area contributed by atoms with Gasteiger partial charge in [0.2, 0.25) is 29.5 Å². The van der Waals surface area contributed by atoms with Crippen molar-refractivity contribution >= 4 is 37.4 Å². The second-order valence-corrected chi connectivity index (χ2v) is 28.7. The van der Waals surface area contributed by atoms with E-state index in [0.717, 1.165) is 34.6 Å². The van der Waals surface area contributed by atoms with Crippen LogP contribution in [0.4, 0.5) is 0 Å². The van der Waals surface area contributed by atoms with Gasteiger partial charge in [-0.3, -0.25) is 33.0 Å². The summed E-state index contributed by atoms with van der Waals surface area (Å²) in [5.41, 5.74) is 5.47. The zero-order chi connectivity index (χ0) is 82.1. The molecule has 0 aromatic rings. The van der Waals surface area contributed by atoms with Gasteiger partial charge in [0.15, 0.2) is 50.3 Å². The predicted octanol–water partition coefficient (Wildman–Crippen LogP) is -17.6. The van der Waals surface area contributed by atoms with E-state index in [1.165, 1.54) is 0 Å². The first-order valence-electron chi connectivity index (χ1n) is 35.0. The van der Waals surface area contributed by atoms with Gasteiger partial charge in [-0.05, 0) is 0 Å². The summed E-state index contributed by atoms with van der Waals surface area (Å²) in [4.78, 5) is 73.9. The number of phosphoric ester groups is 1. The van der Waals surface area contributed by atoms with Gasteiger partial charge in [-0.25, -0.2) is 4.57 Å². The molecule has 8 fully saturated rings. The molecule has 1 unspecified atom stereocenters. The van der Waals surface area contributed by atoms with Crippen LogP contribution in [0.1, 0.15) is 34.6 Å². The Bertz CT molecular complexity index is 3030. The Kier molecular flexibility index (Phi) is 34.1. The number of hydrogen-bond donors (Lipinski definition) is 27. The van der Waals surface area contributed by atoms with Crippen LogP contribution in [0.3, 0.4) is 0 Å². The first-order valence-corrected chi connectivity index (χ1v) is 36.5. The molecule has 0 aromatic heterocycles. The van der Waals surface area contributed by atoms with Gasteiger partial charge >= 0.3 is 7.82 Å². The molecule has 28 N–H and O–H groups in total. The normalized spacial score (nSPS) is 45.6. The molecule has 0 radical (unpaired) electrons. The Labute approximate surface area is 629 Å². The zero-order valence-corrected chi connectivity index (χ0v) is 60.9. The Hall–Kier alpha value is -3.98. The van der Waals surface area contributed by atoms with Gasteiger partial charge in [0.25, 0.3) is 0 Å². The molecular weight excluding hydrogens is 1540 g/mol. The number of aliphatic hydroxyl groups is 20. The van der Waals surface area contributed by atoms with Crippen molar-refractivity contribution in [3.05, 3.63) is 0 Å². The second kappa shape index (κ2) is 40.9. The monoisotopic (exact) mass is 1640 g/mol. The lowest BCUT2D eigenvalue weighted by Gasteiger charge is -2.51.